The van der Waals surface area contributed by atoms with E-state index in [1.165, 1.54) is 11.8 Å². The second-order valence-electron chi connectivity index (χ2n) is 3.34. The van der Waals surface area contributed by atoms with Crippen molar-refractivity contribution in [1.29, 1.82) is 0 Å². The minimum absolute atomic E-state index is 0.399. The Hall–Kier alpha value is -1.00. The highest BCUT2D eigenvalue weighted by Crippen LogP contribution is 2.25. The number of hydrogen-bond donors (Lipinski definition) is 2. The van der Waals surface area contributed by atoms with Gasteiger partial charge in [-0.1, -0.05) is 17.7 Å². The zero-order valence-corrected chi connectivity index (χ0v) is 9.46. The lowest BCUT2D eigenvalue weighted by molar-refractivity contribution is -0.136. The van der Waals surface area contributed by atoms with E-state index in [1.54, 1.807) is 0 Å². The summed E-state index contributed by atoms with van der Waals surface area (Å²) >= 11 is 1.36. The van der Waals surface area contributed by atoms with Crippen molar-refractivity contribution >= 4 is 17.7 Å². The molecule has 3 N–H and O–H groups in total. The number of benzene rings is 1. The van der Waals surface area contributed by atoms with E-state index in [2.05, 4.69) is 0 Å². The minimum atomic E-state index is -0.799. The topological polar surface area (TPSA) is 63.3 Å². The van der Waals surface area contributed by atoms with E-state index in [0.717, 1.165) is 10.5 Å². The van der Waals surface area contributed by atoms with Crippen LogP contribution in [0.1, 0.15) is 12.0 Å². The molecule has 4 heteroatoms. The summed E-state index contributed by atoms with van der Waals surface area (Å²) in [6.45, 7) is 2.39. The number of aryl methyl sites for hydroxylation is 1. The highest BCUT2D eigenvalue weighted by atomic mass is 32.2. The van der Waals surface area contributed by atoms with Crippen LogP contribution in [0.5, 0.6) is 0 Å². The highest BCUT2D eigenvalue weighted by molar-refractivity contribution is 8.00. The molecule has 0 spiro atoms. The van der Waals surface area contributed by atoms with Gasteiger partial charge in [0.25, 0.3) is 0 Å². The minimum Gasteiger partial charge on any atom is -0.480 e. The van der Waals surface area contributed by atoms with Gasteiger partial charge in [-0.3, -0.25) is 4.79 Å². The van der Waals surface area contributed by atoms with Crippen molar-refractivity contribution in [3.8, 4) is 0 Å². The molecule has 0 bridgehead atoms. The predicted molar refractivity (Wildman–Crippen MR) is 62.1 cm³/mol. The van der Waals surface area contributed by atoms with Crippen LogP contribution in [0.2, 0.25) is 0 Å². The van der Waals surface area contributed by atoms with Crippen molar-refractivity contribution in [2.75, 3.05) is 6.54 Å². The summed E-state index contributed by atoms with van der Waals surface area (Å²) in [6.07, 6.45) is 0.494. The average molecular weight is 225 g/mol. The maximum absolute atomic E-state index is 10.9. The van der Waals surface area contributed by atoms with E-state index in [9.17, 15) is 4.79 Å². The largest absolute Gasteiger partial charge is 0.480 e. The molecule has 0 heterocycles. The SMILES string of the molecule is Cc1cccc(SC(CCN)C(=O)O)c1. The van der Waals surface area contributed by atoms with Crippen LogP contribution in [-0.4, -0.2) is 22.9 Å². The monoisotopic (exact) mass is 225 g/mol. The Kier molecular flexibility index (Phi) is 4.65. The quantitative estimate of drug-likeness (QED) is 0.751. The van der Waals surface area contributed by atoms with Crippen LogP contribution in [-0.2, 0) is 4.79 Å². The number of thioether (sulfide) groups is 1. The van der Waals surface area contributed by atoms with E-state index < -0.39 is 11.2 Å². The molecule has 0 amide bonds. The molecule has 0 aromatic heterocycles. The maximum Gasteiger partial charge on any atom is 0.317 e. The molecule has 0 radical (unpaired) electrons. The summed E-state index contributed by atoms with van der Waals surface area (Å²) < 4.78 is 0. The Morgan fingerprint density at radius 2 is 2.33 bits per heavy atom. The summed E-state index contributed by atoms with van der Waals surface area (Å²) in [6, 6.07) is 7.82. The van der Waals surface area contributed by atoms with Gasteiger partial charge in [0.05, 0.1) is 0 Å². The second-order valence-corrected chi connectivity index (χ2v) is 4.61. The molecule has 82 valence electrons. The molecule has 0 saturated carbocycles. The molecular weight excluding hydrogens is 210 g/mol. The van der Waals surface area contributed by atoms with Crippen LogP contribution >= 0.6 is 11.8 Å². The normalized spacial score (nSPS) is 12.4. The van der Waals surface area contributed by atoms with E-state index >= 15 is 0 Å². The van der Waals surface area contributed by atoms with Crippen LogP contribution in [0.15, 0.2) is 29.2 Å². The molecule has 0 aliphatic carbocycles. The Bertz CT molecular complexity index is 341. The van der Waals surface area contributed by atoms with E-state index in [1.807, 2.05) is 31.2 Å². The first-order valence-electron chi connectivity index (χ1n) is 4.79. The lowest BCUT2D eigenvalue weighted by atomic mass is 10.2. The van der Waals surface area contributed by atoms with Gasteiger partial charge in [-0.2, -0.15) is 0 Å². The smallest absolute Gasteiger partial charge is 0.317 e. The van der Waals surface area contributed by atoms with Crippen LogP contribution in [0.3, 0.4) is 0 Å². The van der Waals surface area contributed by atoms with Gasteiger partial charge < -0.3 is 10.8 Å². The first-order valence-corrected chi connectivity index (χ1v) is 5.67. The molecule has 1 unspecified atom stereocenters. The average Bonchev–Trinajstić information content (AvgIpc) is 2.17. The third-order valence-corrected chi connectivity index (χ3v) is 3.22. The molecule has 0 aliphatic heterocycles. The summed E-state index contributed by atoms with van der Waals surface area (Å²) in [5, 5.41) is 8.51. The lowest BCUT2D eigenvalue weighted by Gasteiger charge is -2.10. The van der Waals surface area contributed by atoms with Crippen LogP contribution in [0.25, 0.3) is 0 Å². The fourth-order valence-corrected chi connectivity index (χ4v) is 2.33. The molecule has 3 nitrogen and oxygen atoms in total. The maximum atomic E-state index is 10.9. The fourth-order valence-electron chi connectivity index (χ4n) is 1.24. The van der Waals surface area contributed by atoms with Gasteiger partial charge in [0.1, 0.15) is 5.25 Å². The van der Waals surface area contributed by atoms with Gasteiger partial charge in [0.2, 0.25) is 0 Å². The fraction of sp³-hybridized carbons (Fsp3) is 0.364. The zero-order chi connectivity index (χ0) is 11.3. The summed E-state index contributed by atoms with van der Waals surface area (Å²) in [5.41, 5.74) is 6.51. The van der Waals surface area contributed by atoms with Crippen molar-refractivity contribution in [3.63, 3.8) is 0 Å². The number of aliphatic carboxylic acids is 1. The van der Waals surface area contributed by atoms with Crippen molar-refractivity contribution in [3.05, 3.63) is 29.8 Å². The summed E-state index contributed by atoms with van der Waals surface area (Å²) in [4.78, 5) is 11.9. The highest BCUT2D eigenvalue weighted by Gasteiger charge is 2.17. The number of carboxylic acid groups (broad SMARTS) is 1. The zero-order valence-electron chi connectivity index (χ0n) is 8.64. The Labute approximate surface area is 93.7 Å². The number of nitrogens with two attached hydrogens (primary N) is 1. The van der Waals surface area contributed by atoms with E-state index in [4.69, 9.17) is 10.8 Å². The predicted octanol–water partition coefficient (Wildman–Crippen LogP) is 1.89. The summed E-state index contributed by atoms with van der Waals surface area (Å²) in [5.74, 6) is -0.799. The number of carboxylic acids is 1. The molecule has 0 saturated heterocycles. The Morgan fingerprint density at radius 3 is 2.87 bits per heavy atom. The van der Waals surface area contributed by atoms with Gasteiger partial charge in [-0.15, -0.1) is 11.8 Å². The first-order chi connectivity index (χ1) is 7.13. The molecule has 1 rings (SSSR count). The van der Waals surface area contributed by atoms with Gasteiger partial charge in [0.15, 0.2) is 0 Å². The third kappa shape index (κ3) is 3.93. The number of carbonyl (C=O) groups is 1. The second kappa shape index (κ2) is 5.78. The molecule has 1 aromatic rings. The van der Waals surface area contributed by atoms with Crippen molar-refractivity contribution < 1.29 is 9.90 Å². The van der Waals surface area contributed by atoms with Crippen molar-refractivity contribution in [2.45, 2.75) is 23.5 Å². The van der Waals surface area contributed by atoms with E-state index in [-0.39, 0.29) is 0 Å². The molecule has 0 fully saturated rings. The summed E-state index contributed by atoms with van der Waals surface area (Å²) in [7, 11) is 0. The van der Waals surface area contributed by atoms with Gasteiger partial charge in [-0.05, 0) is 32.0 Å². The third-order valence-electron chi connectivity index (χ3n) is 1.97. The van der Waals surface area contributed by atoms with Gasteiger partial charge >= 0.3 is 5.97 Å². The number of rotatable bonds is 5. The molecule has 1 aromatic carbocycles. The van der Waals surface area contributed by atoms with Crippen molar-refractivity contribution in [1.82, 2.24) is 0 Å². The van der Waals surface area contributed by atoms with Crippen LogP contribution in [0.4, 0.5) is 0 Å². The van der Waals surface area contributed by atoms with E-state index in [0.29, 0.717) is 13.0 Å². The first kappa shape index (κ1) is 12.1. The Balaban J connectivity index is 2.69. The molecule has 1 atom stereocenters. The number of hydrogen-bond acceptors (Lipinski definition) is 3. The van der Waals surface area contributed by atoms with Crippen LogP contribution < -0.4 is 5.73 Å². The van der Waals surface area contributed by atoms with Crippen LogP contribution in [0, 0.1) is 6.92 Å². The molecule has 15 heavy (non-hydrogen) atoms. The standard InChI is InChI=1S/C11H15NO2S/c1-8-3-2-4-9(7-8)15-10(5-6-12)11(13)14/h2-4,7,10H,5-6,12H2,1H3,(H,13,14). The molecule has 0 aliphatic rings. The Morgan fingerprint density at radius 1 is 1.60 bits per heavy atom. The molecular formula is C11H15NO2S. The van der Waals surface area contributed by atoms with Gasteiger partial charge in [-0.25, -0.2) is 0 Å². The van der Waals surface area contributed by atoms with Gasteiger partial charge in [0, 0.05) is 4.90 Å². The lowest BCUT2D eigenvalue weighted by Crippen LogP contribution is -2.20. The van der Waals surface area contributed by atoms with Crippen molar-refractivity contribution in [2.24, 2.45) is 5.73 Å².